The van der Waals surface area contributed by atoms with Gasteiger partial charge in [-0.25, -0.2) is 4.79 Å². The molecule has 1 aromatic rings. The average Bonchev–Trinajstić information content (AvgIpc) is 2.26. The van der Waals surface area contributed by atoms with Crippen LogP contribution < -0.4 is 11.1 Å². The van der Waals surface area contributed by atoms with Gasteiger partial charge in [-0.05, 0) is 32.9 Å². The van der Waals surface area contributed by atoms with Crippen LogP contribution in [0.25, 0.3) is 0 Å². The lowest BCUT2D eigenvalue weighted by Gasteiger charge is -2.24. The van der Waals surface area contributed by atoms with Crippen molar-refractivity contribution >= 4 is 23.4 Å². The number of rotatable bonds is 3. The Labute approximate surface area is 118 Å². The minimum atomic E-state index is -0.579. The molecule has 4 N–H and O–H groups in total. The van der Waals surface area contributed by atoms with E-state index < -0.39 is 11.7 Å². The zero-order chi connectivity index (χ0) is 15.3. The van der Waals surface area contributed by atoms with Crippen LogP contribution in [0.1, 0.15) is 20.8 Å². The fraction of sp³-hybridized carbons (Fsp3) is 0.429. The van der Waals surface area contributed by atoms with Gasteiger partial charge in [0, 0.05) is 18.8 Å². The molecule has 110 valence electrons. The molecular weight excluding hydrogens is 258 g/mol. The van der Waals surface area contributed by atoms with Gasteiger partial charge in [-0.15, -0.1) is 0 Å². The molecular formula is C14H22N3O3+. The molecule has 2 amide bonds. The van der Waals surface area contributed by atoms with Gasteiger partial charge in [0.1, 0.15) is 17.8 Å². The maximum Gasteiger partial charge on any atom is 0.410 e. The highest BCUT2D eigenvalue weighted by molar-refractivity contribution is 5.94. The average molecular weight is 280 g/mol. The molecule has 0 bridgehead atoms. The van der Waals surface area contributed by atoms with Gasteiger partial charge >= 0.3 is 6.09 Å². The van der Waals surface area contributed by atoms with Gasteiger partial charge in [0.05, 0.1) is 0 Å². The Morgan fingerprint density at radius 1 is 1.35 bits per heavy atom. The van der Waals surface area contributed by atoms with Gasteiger partial charge in [-0.3, -0.25) is 4.79 Å². The number of quaternary nitrogens is 1. The molecule has 0 radical (unpaired) electrons. The molecule has 1 rings (SSSR count). The number of carbonyl (C=O) groups excluding carboxylic acids is 2. The van der Waals surface area contributed by atoms with E-state index in [-0.39, 0.29) is 12.5 Å². The van der Waals surface area contributed by atoms with Crippen LogP contribution in [0.5, 0.6) is 0 Å². The van der Waals surface area contributed by atoms with Crippen LogP contribution in [-0.2, 0) is 9.53 Å². The summed E-state index contributed by atoms with van der Waals surface area (Å²) in [6.45, 7) is 5.26. The van der Waals surface area contributed by atoms with Crippen molar-refractivity contribution in [3.63, 3.8) is 0 Å². The van der Waals surface area contributed by atoms with Crippen LogP contribution in [-0.4, -0.2) is 36.1 Å². The van der Waals surface area contributed by atoms with Crippen molar-refractivity contribution in [1.29, 1.82) is 0 Å². The molecule has 0 atom stereocenters. The zero-order valence-corrected chi connectivity index (χ0v) is 12.4. The highest BCUT2D eigenvalue weighted by Gasteiger charge is 2.21. The number of carbonyl (C=O) groups is 2. The number of likely N-dealkylation sites (N-methyl/N-ethyl adjacent to an activating group) is 1. The van der Waals surface area contributed by atoms with Crippen LogP contribution in [0, 0.1) is 0 Å². The number of ether oxygens (including phenoxy) is 1. The van der Waals surface area contributed by atoms with E-state index in [1.54, 1.807) is 39.0 Å². The van der Waals surface area contributed by atoms with Crippen molar-refractivity contribution in [3.8, 4) is 0 Å². The number of hydrogen-bond donors (Lipinski definition) is 2. The Morgan fingerprint density at radius 3 is 2.55 bits per heavy atom. The van der Waals surface area contributed by atoms with E-state index in [9.17, 15) is 9.59 Å². The van der Waals surface area contributed by atoms with Crippen molar-refractivity contribution in [2.45, 2.75) is 26.4 Å². The second-order valence-electron chi connectivity index (χ2n) is 5.58. The SMILES string of the molecule is CN(CC(=O)Nc1cccc([NH3+])c1)C(=O)OC(C)(C)C. The summed E-state index contributed by atoms with van der Waals surface area (Å²) in [5, 5.41) is 2.70. The predicted octanol–water partition coefficient (Wildman–Crippen LogP) is 1.37. The Morgan fingerprint density at radius 2 is 2.00 bits per heavy atom. The molecule has 1 aromatic carbocycles. The van der Waals surface area contributed by atoms with Gasteiger partial charge in [0.15, 0.2) is 0 Å². The van der Waals surface area contributed by atoms with E-state index in [0.717, 1.165) is 5.69 Å². The van der Waals surface area contributed by atoms with E-state index in [1.165, 1.54) is 11.9 Å². The summed E-state index contributed by atoms with van der Waals surface area (Å²) >= 11 is 0. The number of nitrogens with zero attached hydrogens (tertiary/aromatic N) is 1. The first-order valence-electron chi connectivity index (χ1n) is 6.33. The molecule has 0 aliphatic heterocycles. The van der Waals surface area contributed by atoms with E-state index in [0.29, 0.717) is 5.69 Å². The van der Waals surface area contributed by atoms with Crippen molar-refractivity contribution in [2.24, 2.45) is 0 Å². The van der Waals surface area contributed by atoms with E-state index >= 15 is 0 Å². The van der Waals surface area contributed by atoms with E-state index in [2.05, 4.69) is 11.1 Å². The third kappa shape index (κ3) is 5.71. The number of amides is 2. The van der Waals surface area contributed by atoms with Crippen LogP contribution in [0.15, 0.2) is 24.3 Å². The van der Waals surface area contributed by atoms with Crippen LogP contribution >= 0.6 is 0 Å². The van der Waals surface area contributed by atoms with E-state index in [1.807, 2.05) is 6.07 Å². The minimum absolute atomic E-state index is 0.0731. The van der Waals surface area contributed by atoms with Gasteiger partial charge in [0.2, 0.25) is 5.91 Å². The van der Waals surface area contributed by atoms with E-state index in [4.69, 9.17) is 4.74 Å². The normalized spacial score (nSPS) is 10.8. The molecule has 20 heavy (non-hydrogen) atoms. The first kappa shape index (κ1) is 16.0. The summed E-state index contributed by atoms with van der Waals surface area (Å²) in [6, 6.07) is 7.16. The van der Waals surface area contributed by atoms with Gasteiger partial charge < -0.3 is 20.7 Å². The Hall–Kier alpha value is -2.08. The van der Waals surface area contributed by atoms with Crippen molar-refractivity contribution in [1.82, 2.24) is 4.90 Å². The fourth-order valence-corrected chi connectivity index (χ4v) is 1.47. The summed E-state index contributed by atoms with van der Waals surface area (Å²) in [7, 11) is 1.52. The van der Waals surface area contributed by atoms with Crippen molar-refractivity contribution in [3.05, 3.63) is 24.3 Å². The molecule has 0 aromatic heterocycles. The number of anilines is 1. The van der Waals surface area contributed by atoms with Gasteiger partial charge in [-0.1, -0.05) is 6.07 Å². The van der Waals surface area contributed by atoms with Crippen LogP contribution in [0.4, 0.5) is 16.2 Å². The molecule has 0 unspecified atom stereocenters. The second-order valence-corrected chi connectivity index (χ2v) is 5.58. The van der Waals surface area contributed by atoms with Gasteiger partial charge in [-0.2, -0.15) is 0 Å². The van der Waals surface area contributed by atoms with Gasteiger partial charge in [0.25, 0.3) is 0 Å². The summed E-state index contributed by atoms with van der Waals surface area (Å²) in [4.78, 5) is 24.8. The molecule has 0 saturated carbocycles. The summed E-state index contributed by atoms with van der Waals surface area (Å²) in [5.74, 6) is -0.288. The molecule has 6 heteroatoms. The first-order chi connectivity index (χ1) is 9.17. The molecule has 0 spiro atoms. The maximum atomic E-state index is 11.8. The lowest BCUT2D eigenvalue weighted by Crippen LogP contribution is -2.40. The molecule has 0 heterocycles. The second kappa shape index (κ2) is 6.38. The summed E-state index contributed by atoms with van der Waals surface area (Å²) in [5.41, 5.74) is 4.66. The predicted molar refractivity (Wildman–Crippen MR) is 76.5 cm³/mol. The van der Waals surface area contributed by atoms with Crippen LogP contribution in [0.2, 0.25) is 0 Å². The fourth-order valence-electron chi connectivity index (χ4n) is 1.47. The zero-order valence-electron chi connectivity index (χ0n) is 12.4. The molecule has 6 nitrogen and oxygen atoms in total. The molecule has 0 fully saturated rings. The molecule has 0 saturated heterocycles. The first-order valence-corrected chi connectivity index (χ1v) is 6.33. The summed E-state index contributed by atoms with van der Waals surface area (Å²) < 4.78 is 5.17. The summed E-state index contributed by atoms with van der Waals surface area (Å²) in [6.07, 6.45) is -0.529. The Kier molecular flexibility index (Phi) is 5.10. The smallest absolute Gasteiger partial charge is 0.410 e. The highest BCUT2D eigenvalue weighted by Crippen LogP contribution is 2.11. The lowest BCUT2D eigenvalue weighted by molar-refractivity contribution is -0.254. The monoisotopic (exact) mass is 280 g/mol. The number of nitrogens with one attached hydrogen (secondary N) is 1. The standard InChI is InChI=1S/C14H21N3O3/c1-14(2,3)20-13(19)17(4)9-12(18)16-11-7-5-6-10(15)8-11/h5-8H,9,15H2,1-4H3,(H,16,18)/p+1. The third-order valence-electron chi connectivity index (χ3n) is 2.30. The van der Waals surface area contributed by atoms with Crippen LogP contribution in [0.3, 0.4) is 0 Å². The Bertz CT molecular complexity index is 495. The van der Waals surface area contributed by atoms with Crippen molar-refractivity contribution in [2.75, 3.05) is 18.9 Å². The largest absolute Gasteiger partial charge is 0.444 e. The van der Waals surface area contributed by atoms with Crippen molar-refractivity contribution < 1.29 is 20.1 Å². The highest BCUT2D eigenvalue weighted by atomic mass is 16.6. The maximum absolute atomic E-state index is 11.8. The molecule has 0 aliphatic rings. The Balaban J connectivity index is 2.52. The quantitative estimate of drug-likeness (QED) is 0.876. The molecule has 0 aliphatic carbocycles. The minimum Gasteiger partial charge on any atom is -0.444 e. The lowest BCUT2D eigenvalue weighted by atomic mass is 10.2. The third-order valence-corrected chi connectivity index (χ3v) is 2.30. The number of benzene rings is 1. The number of hydrogen-bond acceptors (Lipinski definition) is 3. The topological polar surface area (TPSA) is 86.3 Å².